The van der Waals surface area contributed by atoms with E-state index < -0.39 is 6.10 Å². The van der Waals surface area contributed by atoms with Gasteiger partial charge in [0.25, 0.3) is 0 Å². The number of nitrogens with zero attached hydrogens (tertiary/aromatic N) is 3. The minimum atomic E-state index is -0.419. The number of hydrogen-bond acceptors (Lipinski definition) is 5. The Bertz CT molecular complexity index is 542. The van der Waals surface area contributed by atoms with Crippen LogP contribution in [0.4, 0.5) is 11.6 Å². The van der Waals surface area contributed by atoms with Gasteiger partial charge in [-0.3, -0.25) is 0 Å². The molecular formula is C14H21N5O. The molecule has 2 aliphatic carbocycles. The molecular weight excluding hydrogens is 254 g/mol. The predicted molar refractivity (Wildman–Crippen MR) is 76.1 cm³/mol. The number of aliphatic hydroxyl groups is 1. The van der Waals surface area contributed by atoms with Gasteiger partial charge in [0.1, 0.15) is 17.5 Å². The summed E-state index contributed by atoms with van der Waals surface area (Å²) in [5.74, 6) is 1.59. The highest BCUT2D eigenvalue weighted by molar-refractivity contribution is 5.64. The average Bonchev–Trinajstić information content (AvgIpc) is 3.12. The van der Waals surface area contributed by atoms with Crippen LogP contribution in [0.1, 0.15) is 50.6 Å². The van der Waals surface area contributed by atoms with Gasteiger partial charge in [-0.25, -0.2) is 4.68 Å². The Morgan fingerprint density at radius 1 is 1.45 bits per heavy atom. The number of aliphatic hydroxyl groups excluding tert-OH is 1. The number of nitrogens with one attached hydrogen (secondary N) is 1. The van der Waals surface area contributed by atoms with Crippen molar-refractivity contribution in [3.05, 3.63) is 5.56 Å². The summed E-state index contributed by atoms with van der Waals surface area (Å²) >= 11 is 0. The highest BCUT2D eigenvalue weighted by Crippen LogP contribution is 2.37. The quantitative estimate of drug-likeness (QED) is 0.775. The normalized spacial score (nSPS) is 27.2. The molecule has 0 aromatic carbocycles. The highest BCUT2D eigenvalue weighted by Gasteiger charge is 2.33. The largest absolute Gasteiger partial charge is 0.391 e. The van der Waals surface area contributed by atoms with E-state index in [1.807, 2.05) is 0 Å². The molecule has 108 valence electrons. The van der Waals surface area contributed by atoms with Gasteiger partial charge < -0.3 is 16.2 Å². The van der Waals surface area contributed by atoms with E-state index in [1.165, 1.54) is 12.8 Å². The topological polar surface area (TPSA) is 99.9 Å². The second-order valence-electron chi connectivity index (χ2n) is 6.00. The molecule has 2 saturated carbocycles. The van der Waals surface area contributed by atoms with E-state index in [1.54, 1.807) is 4.68 Å². The van der Waals surface area contributed by atoms with Crippen molar-refractivity contribution < 1.29 is 5.11 Å². The van der Waals surface area contributed by atoms with E-state index in [0.29, 0.717) is 29.2 Å². The molecule has 3 unspecified atom stereocenters. The molecule has 3 rings (SSSR count). The fraction of sp³-hybridized carbons (Fsp3) is 0.714. The third-order valence-corrected chi connectivity index (χ3v) is 4.51. The van der Waals surface area contributed by atoms with Gasteiger partial charge in [0.15, 0.2) is 5.82 Å². The molecule has 0 spiro atoms. The molecule has 0 radical (unpaired) electrons. The summed E-state index contributed by atoms with van der Waals surface area (Å²) in [5, 5.41) is 27.1. The third-order valence-electron chi connectivity index (χ3n) is 4.51. The Balaban J connectivity index is 1.88. The van der Waals surface area contributed by atoms with Crippen LogP contribution in [0.5, 0.6) is 0 Å². The standard InChI is InChI=1S/C14H21N5O/c1-8(9-5-6-9)17-14-10(7-15)13(16)19(18-14)11-3-2-4-12(11)20/h8-9,11-12,20H,2-6,16H2,1H3,(H,17,18). The molecule has 4 N–H and O–H groups in total. The van der Waals surface area contributed by atoms with Crippen LogP contribution in [0, 0.1) is 17.2 Å². The SMILES string of the molecule is CC(Nc1nn(C2CCCC2O)c(N)c1C#N)C1CC1. The van der Waals surface area contributed by atoms with Crippen LogP contribution in [0.3, 0.4) is 0 Å². The maximum atomic E-state index is 10.0. The van der Waals surface area contributed by atoms with Crippen molar-refractivity contribution in [1.29, 1.82) is 5.26 Å². The highest BCUT2D eigenvalue weighted by atomic mass is 16.3. The lowest BCUT2D eigenvalue weighted by Gasteiger charge is -2.16. The van der Waals surface area contributed by atoms with Gasteiger partial charge in [-0.1, -0.05) is 0 Å². The van der Waals surface area contributed by atoms with Crippen molar-refractivity contribution in [2.45, 2.75) is 57.2 Å². The lowest BCUT2D eigenvalue weighted by molar-refractivity contribution is 0.131. The first kappa shape index (κ1) is 13.3. The second-order valence-corrected chi connectivity index (χ2v) is 6.00. The molecule has 1 heterocycles. The summed E-state index contributed by atoms with van der Waals surface area (Å²) in [6, 6.07) is 2.34. The zero-order valence-corrected chi connectivity index (χ0v) is 11.7. The number of nitriles is 1. The fourth-order valence-corrected chi connectivity index (χ4v) is 3.05. The van der Waals surface area contributed by atoms with Crippen LogP contribution in [0.25, 0.3) is 0 Å². The smallest absolute Gasteiger partial charge is 0.168 e. The molecule has 6 heteroatoms. The van der Waals surface area contributed by atoms with Gasteiger partial charge in [0, 0.05) is 6.04 Å². The lowest BCUT2D eigenvalue weighted by atomic mass is 10.2. The van der Waals surface area contributed by atoms with Gasteiger partial charge in [0.2, 0.25) is 0 Å². The lowest BCUT2D eigenvalue weighted by Crippen LogP contribution is -2.21. The number of nitrogens with two attached hydrogens (primary N) is 1. The Kier molecular flexibility index (Phi) is 3.30. The van der Waals surface area contributed by atoms with Gasteiger partial charge >= 0.3 is 0 Å². The molecule has 20 heavy (non-hydrogen) atoms. The predicted octanol–water partition coefficient (Wildman–Crippen LogP) is 1.63. The third kappa shape index (κ3) is 2.22. The summed E-state index contributed by atoms with van der Waals surface area (Å²) in [6.07, 6.45) is 4.63. The van der Waals surface area contributed by atoms with Crippen LogP contribution in [0.15, 0.2) is 0 Å². The Labute approximate surface area is 118 Å². The first-order chi connectivity index (χ1) is 9.61. The van der Waals surface area contributed by atoms with Crippen molar-refractivity contribution in [1.82, 2.24) is 9.78 Å². The van der Waals surface area contributed by atoms with Gasteiger partial charge in [-0.05, 0) is 44.9 Å². The molecule has 2 aliphatic rings. The van der Waals surface area contributed by atoms with Crippen LogP contribution in [0.2, 0.25) is 0 Å². The Morgan fingerprint density at radius 2 is 2.20 bits per heavy atom. The molecule has 0 aliphatic heterocycles. The molecule has 0 amide bonds. The number of anilines is 2. The molecule has 2 fully saturated rings. The van der Waals surface area contributed by atoms with Gasteiger partial charge in [-0.15, -0.1) is 0 Å². The van der Waals surface area contributed by atoms with Crippen LogP contribution >= 0.6 is 0 Å². The van der Waals surface area contributed by atoms with Crippen LogP contribution < -0.4 is 11.1 Å². The summed E-state index contributed by atoms with van der Waals surface area (Å²) in [6.45, 7) is 2.11. The summed E-state index contributed by atoms with van der Waals surface area (Å²) < 4.78 is 1.64. The zero-order chi connectivity index (χ0) is 14.3. The molecule has 3 atom stereocenters. The second kappa shape index (κ2) is 4.98. The van der Waals surface area contributed by atoms with E-state index in [2.05, 4.69) is 23.4 Å². The fourth-order valence-electron chi connectivity index (χ4n) is 3.05. The minimum absolute atomic E-state index is 0.103. The molecule has 1 aromatic heterocycles. The van der Waals surface area contributed by atoms with Crippen molar-refractivity contribution >= 4 is 11.6 Å². The van der Waals surface area contributed by atoms with E-state index >= 15 is 0 Å². The molecule has 1 aromatic rings. The monoisotopic (exact) mass is 275 g/mol. The number of hydrogen-bond donors (Lipinski definition) is 3. The minimum Gasteiger partial charge on any atom is -0.391 e. The molecule has 0 saturated heterocycles. The van der Waals surface area contributed by atoms with Crippen molar-refractivity contribution in [3.63, 3.8) is 0 Å². The van der Waals surface area contributed by atoms with E-state index in [4.69, 9.17) is 5.73 Å². The van der Waals surface area contributed by atoms with E-state index in [-0.39, 0.29) is 6.04 Å². The first-order valence-corrected chi connectivity index (χ1v) is 7.34. The number of nitrogen functional groups attached to an aromatic ring is 1. The summed E-state index contributed by atoms with van der Waals surface area (Å²) in [5.41, 5.74) is 6.45. The van der Waals surface area contributed by atoms with Gasteiger partial charge in [-0.2, -0.15) is 10.4 Å². The Hall–Kier alpha value is -1.74. The van der Waals surface area contributed by atoms with Crippen LogP contribution in [-0.2, 0) is 0 Å². The average molecular weight is 275 g/mol. The van der Waals surface area contributed by atoms with Crippen molar-refractivity contribution in [3.8, 4) is 6.07 Å². The van der Waals surface area contributed by atoms with Crippen LogP contribution in [-0.4, -0.2) is 27.0 Å². The maximum Gasteiger partial charge on any atom is 0.168 e. The van der Waals surface area contributed by atoms with Crippen molar-refractivity contribution in [2.75, 3.05) is 11.1 Å². The Morgan fingerprint density at radius 3 is 2.75 bits per heavy atom. The zero-order valence-electron chi connectivity index (χ0n) is 11.7. The number of rotatable bonds is 4. The maximum absolute atomic E-state index is 10.0. The molecule has 0 bridgehead atoms. The first-order valence-electron chi connectivity index (χ1n) is 7.34. The summed E-state index contributed by atoms with van der Waals surface area (Å²) in [4.78, 5) is 0. The van der Waals surface area contributed by atoms with E-state index in [9.17, 15) is 10.4 Å². The summed E-state index contributed by atoms with van der Waals surface area (Å²) in [7, 11) is 0. The molecule has 6 nitrogen and oxygen atoms in total. The van der Waals surface area contributed by atoms with E-state index in [0.717, 1.165) is 19.3 Å². The van der Waals surface area contributed by atoms with Gasteiger partial charge in [0.05, 0.1) is 12.1 Å². The number of aromatic nitrogens is 2. The van der Waals surface area contributed by atoms with Crippen molar-refractivity contribution in [2.24, 2.45) is 5.92 Å².